The van der Waals surface area contributed by atoms with E-state index in [1.807, 2.05) is 0 Å². The van der Waals surface area contributed by atoms with Gasteiger partial charge in [0.05, 0.1) is 5.41 Å². The van der Waals surface area contributed by atoms with E-state index in [1.165, 1.54) is 12.1 Å². The second kappa shape index (κ2) is 6.70. The zero-order valence-electron chi connectivity index (χ0n) is 11.9. The van der Waals surface area contributed by atoms with Gasteiger partial charge in [-0.2, -0.15) is 0 Å². The number of hydrogen-bond donors (Lipinski definition) is 2. The molecule has 2 rings (SSSR count). The molecular formula is C16H20FNO3. The number of aliphatic carboxylic acids is 1. The van der Waals surface area contributed by atoms with Gasteiger partial charge in [-0.15, -0.1) is 0 Å². The Hall–Kier alpha value is -1.91. The predicted octanol–water partition coefficient (Wildman–Crippen LogP) is 2.62. The summed E-state index contributed by atoms with van der Waals surface area (Å²) in [5.74, 6) is -1.22. The number of hydrogen-bond acceptors (Lipinski definition) is 2. The van der Waals surface area contributed by atoms with E-state index in [0.29, 0.717) is 19.4 Å². The number of unbranched alkanes of at least 4 members (excludes halogenated alkanes) is 1. The van der Waals surface area contributed by atoms with E-state index in [9.17, 15) is 14.0 Å². The van der Waals surface area contributed by atoms with Crippen molar-refractivity contribution in [1.29, 1.82) is 0 Å². The van der Waals surface area contributed by atoms with Crippen LogP contribution in [0.2, 0.25) is 0 Å². The Morgan fingerprint density at radius 3 is 2.62 bits per heavy atom. The van der Waals surface area contributed by atoms with Crippen molar-refractivity contribution >= 4 is 11.9 Å². The van der Waals surface area contributed by atoms with Gasteiger partial charge in [0, 0.05) is 13.0 Å². The number of carboxylic acid groups (broad SMARTS) is 1. The third kappa shape index (κ3) is 3.60. The first-order valence-corrected chi connectivity index (χ1v) is 7.31. The fourth-order valence-corrected chi connectivity index (χ4v) is 2.74. The summed E-state index contributed by atoms with van der Waals surface area (Å²) in [5.41, 5.74) is 0.131. The highest BCUT2D eigenvalue weighted by Crippen LogP contribution is 2.44. The maximum absolute atomic E-state index is 13.4. The van der Waals surface area contributed by atoms with Crippen LogP contribution in [0.5, 0.6) is 0 Å². The molecule has 4 nitrogen and oxygen atoms in total. The van der Waals surface area contributed by atoms with E-state index in [-0.39, 0.29) is 18.1 Å². The van der Waals surface area contributed by atoms with Crippen LogP contribution in [-0.4, -0.2) is 23.5 Å². The summed E-state index contributed by atoms with van der Waals surface area (Å²) in [6, 6.07) is 6.24. The van der Waals surface area contributed by atoms with Crippen molar-refractivity contribution in [3.05, 3.63) is 35.6 Å². The largest absolute Gasteiger partial charge is 0.481 e. The number of benzene rings is 1. The monoisotopic (exact) mass is 293 g/mol. The molecule has 1 aromatic rings. The van der Waals surface area contributed by atoms with Gasteiger partial charge in [0.25, 0.3) is 0 Å². The summed E-state index contributed by atoms with van der Waals surface area (Å²) >= 11 is 0. The summed E-state index contributed by atoms with van der Waals surface area (Å²) in [6.45, 7) is 0.461. The average molecular weight is 293 g/mol. The number of amides is 1. The first-order valence-electron chi connectivity index (χ1n) is 7.31. The molecule has 21 heavy (non-hydrogen) atoms. The van der Waals surface area contributed by atoms with Crippen LogP contribution in [-0.2, 0) is 15.0 Å². The van der Waals surface area contributed by atoms with Crippen molar-refractivity contribution in [2.75, 3.05) is 6.54 Å². The molecule has 0 aliphatic heterocycles. The number of carbonyl (C=O) groups is 2. The summed E-state index contributed by atoms with van der Waals surface area (Å²) in [6.07, 6.45) is 3.72. The lowest BCUT2D eigenvalue weighted by Gasteiger charge is -2.40. The summed E-state index contributed by atoms with van der Waals surface area (Å²) < 4.78 is 13.4. The number of nitrogens with one attached hydrogen (secondary N) is 1. The van der Waals surface area contributed by atoms with E-state index < -0.39 is 11.4 Å². The maximum Gasteiger partial charge on any atom is 0.303 e. The van der Waals surface area contributed by atoms with Crippen LogP contribution in [0.15, 0.2) is 24.3 Å². The molecule has 5 heteroatoms. The molecule has 1 aromatic carbocycles. The Morgan fingerprint density at radius 2 is 2.05 bits per heavy atom. The van der Waals surface area contributed by atoms with Gasteiger partial charge in [-0.3, -0.25) is 9.59 Å². The van der Waals surface area contributed by atoms with E-state index in [0.717, 1.165) is 24.8 Å². The highest BCUT2D eigenvalue weighted by atomic mass is 19.1. The molecule has 1 aliphatic carbocycles. The molecular weight excluding hydrogens is 273 g/mol. The second-order valence-electron chi connectivity index (χ2n) is 5.55. The molecule has 0 unspecified atom stereocenters. The van der Waals surface area contributed by atoms with Crippen LogP contribution in [0, 0.1) is 5.82 Å². The highest BCUT2D eigenvalue weighted by molar-refractivity contribution is 5.89. The van der Waals surface area contributed by atoms with Crippen molar-refractivity contribution in [3.63, 3.8) is 0 Å². The third-order valence-corrected chi connectivity index (χ3v) is 4.12. The minimum absolute atomic E-state index is 0.0744. The molecule has 2 N–H and O–H groups in total. The van der Waals surface area contributed by atoms with Gasteiger partial charge in [0.15, 0.2) is 0 Å². The van der Waals surface area contributed by atoms with Crippen LogP contribution in [0.25, 0.3) is 0 Å². The van der Waals surface area contributed by atoms with Crippen LogP contribution < -0.4 is 5.32 Å². The van der Waals surface area contributed by atoms with Crippen LogP contribution >= 0.6 is 0 Å². The lowest BCUT2D eigenvalue weighted by Crippen LogP contribution is -2.49. The van der Waals surface area contributed by atoms with Gasteiger partial charge in [-0.05, 0) is 43.4 Å². The topological polar surface area (TPSA) is 66.4 Å². The Morgan fingerprint density at radius 1 is 1.29 bits per heavy atom. The summed E-state index contributed by atoms with van der Waals surface area (Å²) in [7, 11) is 0. The van der Waals surface area contributed by atoms with E-state index >= 15 is 0 Å². The molecule has 0 heterocycles. The minimum Gasteiger partial charge on any atom is -0.481 e. The fourth-order valence-electron chi connectivity index (χ4n) is 2.74. The van der Waals surface area contributed by atoms with Crippen molar-refractivity contribution in [1.82, 2.24) is 5.32 Å². The first-order chi connectivity index (χ1) is 10.0. The Kier molecular flexibility index (Phi) is 4.94. The first kappa shape index (κ1) is 15.5. The smallest absolute Gasteiger partial charge is 0.303 e. The van der Waals surface area contributed by atoms with Crippen molar-refractivity contribution in [2.45, 2.75) is 43.9 Å². The molecule has 114 valence electrons. The molecule has 1 aliphatic rings. The molecule has 0 bridgehead atoms. The van der Waals surface area contributed by atoms with Gasteiger partial charge >= 0.3 is 5.97 Å². The standard InChI is InChI=1S/C16H20FNO3/c17-13-6-3-5-12(11-13)16(8-4-9-16)15(21)18-10-2-1-7-14(19)20/h3,5-6,11H,1-2,4,7-10H2,(H,18,21)(H,19,20). The van der Waals surface area contributed by atoms with Gasteiger partial charge in [-0.25, -0.2) is 4.39 Å². The maximum atomic E-state index is 13.4. The summed E-state index contributed by atoms with van der Waals surface area (Å²) in [4.78, 5) is 22.8. The summed E-state index contributed by atoms with van der Waals surface area (Å²) in [5, 5.41) is 11.4. The molecule has 0 saturated heterocycles. The zero-order valence-corrected chi connectivity index (χ0v) is 11.9. The molecule has 0 aromatic heterocycles. The second-order valence-corrected chi connectivity index (χ2v) is 5.55. The Bertz CT molecular complexity index is 526. The predicted molar refractivity (Wildman–Crippen MR) is 76.4 cm³/mol. The molecule has 1 amide bonds. The van der Waals surface area contributed by atoms with Crippen molar-refractivity contribution in [3.8, 4) is 0 Å². The molecule has 0 radical (unpaired) electrons. The van der Waals surface area contributed by atoms with Gasteiger partial charge < -0.3 is 10.4 Å². The van der Waals surface area contributed by atoms with E-state index in [4.69, 9.17) is 5.11 Å². The third-order valence-electron chi connectivity index (χ3n) is 4.12. The Labute approximate surface area is 123 Å². The van der Waals surface area contributed by atoms with Crippen molar-refractivity contribution in [2.24, 2.45) is 0 Å². The van der Waals surface area contributed by atoms with Gasteiger partial charge in [-0.1, -0.05) is 18.6 Å². The zero-order chi connectivity index (χ0) is 15.3. The quantitative estimate of drug-likeness (QED) is 0.759. The highest BCUT2D eigenvalue weighted by Gasteiger charge is 2.45. The van der Waals surface area contributed by atoms with E-state index in [1.54, 1.807) is 12.1 Å². The van der Waals surface area contributed by atoms with Gasteiger partial charge in [0.1, 0.15) is 5.82 Å². The molecule has 1 saturated carbocycles. The minimum atomic E-state index is -0.823. The van der Waals surface area contributed by atoms with Gasteiger partial charge in [0.2, 0.25) is 5.91 Å². The number of halogens is 1. The molecule has 0 atom stereocenters. The number of rotatable bonds is 7. The van der Waals surface area contributed by atoms with Crippen LogP contribution in [0.3, 0.4) is 0 Å². The number of carbonyl (C=O) groups excluding carboxylic acids is 1. The Balaban J connectivity index is 1.91. The molecule has 0 spiro atoms. The average Bonchev–Trinajstić information content (AvgIpc) is 2.36. The van der Waals surface area contributed by atoms with E-state index in [2.05, 4.69) is 5.32 Å². The molecule has 1 fully saturated rings. The van der Waals surface area contributed by atoms with Crippen LogP contribution in [0.1, 0.15) is 44.1 Å². The lowest BCUT2D eigenvalue weighted by atomic mass is 9.64. The number of carboxylic acids is 1. The SMILES string of the molecule is O=C(O)CCCCNC(=O)C1(c2cccc(F)c2)CCC1. The normalized spacial score (nSPS) is 16.0. The fraction of sp³-hybridized carbons (Fsp3) is 0.500. The van der Waals surface area contributed by atoms with Crippen molar-refractivity contribution < 1.29 is 19.1 Å². The van der Waals surface area contributed by atoms with Crippen LogP contribution in [0.4, 0.5) is 4.39 Å². The lowest BCUT2D eigenvalue weighted by molar-refractivity contribution is -0.137.